The third kappa shape index (κ3) is 2.54. The minimum Gasteiger partial charge on any atom is -0.333 e. The van der Waals surface area contributed by atoms with E-state index in [2.05, 4.69) is 14.9 Å². The van der Waals surface area contributed by atoms with E-state index in [0.717, 1.165) is 37.0 Å². The number of aromatic nitrogens is 2. The van der Waals surface area contributed by atoms with E-state index < -0.39 is 0 Å². The molecule has 1 aromatic rings. The Bertz CT molecular complexity index is 427. The number of thioether (sulfide) groups is 1. The van der Waals surface area contributed by atoms with Crippen molar-refractivity contribution in [2.24, 2.45) is 0 Å². The second-order valence-corrected chi connectivity index (χ2v) is 5.93. The average molecular weight is 266 g/mol. The van der Waals surface area contributed by atoms with Crippen molar-refractivity contribution < 1.29 is 4.79 Å². The first-order valence-corrected chi connectivity index (χ1v) is 7.57. The maximum Gasteiger partial charge on any atom is 0.224 e. The first kappa shape index (κ1) is 12.0. The Morgan fingerprint density at radius 3 is 3.33 bits per heavy atom. The average Bonchev–Trinajstić information content (AvgIpc) is 2.87. The molecule has 0 aliphatic carbocycles. The Labute approximate surface area is 111 Å². The minimum absolute atomic E-state index is 0.254. The fourth-order valence-corrected chi connectivity index (χ4v) is 3.43. The van der Waals surface area contributed by atoms with Crippen molar-refractivity contribution in [3.63, 3.8) is 0 Å². The lowest BCUT2D eigenvalue weighted by atomic mass is 10.2. The second-order valence-electron chi connectivity index (χ2n) is 4.78. The van der Waals surface area contributed by atoms with Gasteiger partial charge in [0.1, 0.15) is 5.82 Å². The number of fused-ring (bicyclic) bond motifs is 1. The molecule has 5 nitrogen and oxygen atoms in total. The lowest BCUT2D eigenvalue weighted by Gasteiger charge is -2.30. The molecule has 1 atom stereocenters. The van der Waals surface area contributed by atoms with Crippen molar-refractivity contribution in [2.45, 2.75) is 25.6 Å². The van der Waals surface area contributed by atoms with Crippen LogP contribution in [0.1, 0.15) is 12.2 Å². The standard InChI is InChI=1S/C12H18N4OS/c17-12(7-10-9-18-6-2-13-10)16-5-4-15-3-1-14-11(15)8-16/h1,3,10,13H,2,4-9H2. The van der Waals surface area contributed by atoms with Gasteiger partial charge in [0.2, 0.25) is 5.91 Å². The fourth-order valence-electron chi connectivity index (χ4n) is 2.48. The van der Waals surface area contributed by atoms with Crippen LogP contribution >= 0.6 is 11.8 Å². The summed E-state index contributed by atoms with van der Waals surface area (Å²) >= 11 is 1.93. The van der Waals surface area contributed by atoms with Gasteiger partial charge in [0.25, 0.3) is 0 Å². The van der Waals surface area contributed by atoms with Gasteiger partial charge in [-0.05, 0) is 0 Å². The number of hydrogen-bond donors (Lipinski definition) is 1. The number of imidazole rings is 1. The van der Waals surface area contributed by atoms with Crippen molar-refractivity contribution in [3.05, 3.63) is 18.2 Å². The van der Waals surface area contributed by atoms with Gasteiger partial charge in [-0.1, -0.05) is 0 Å². The largest absolute Gasteiger partial charge is 0.333 e. The van der Waals surface area contributed by atoms with Crippen LogP contribution in [-0.4, -0.2) is 51.0 Å². The lowest BCUT2D eigenvalue weighted by molar-refractivity contribution is -0.133. The molecule has 1 amide bonds. The molecule has 1 saturated heterocycles. The van der Waals surface area contributed by atoms with Crippen LogP contribution in [-0.2, 0) is 17.9 Å². The summed E-state index contributed by atoms with van der Waals surface area (Å²) in [5.41, 5.74) is 0. The summed E-state index contributed by atoms with van der Waals surface area (Å²) in [5.74, 6) is 3.46. The van der Waals surface area contributed by atoms with Crippen LogP contribution < -0.4 is 5.32 Å². The SMILES string of the molecule is O=C(CC1CSCCN1)N1CCn2ccnc2C1. The zero-order chi connectivity index (χ0) is 12.4. The molecule has 2 aliphatic heterocycles. The van der Waals surface area contributed by atoms with E-state index in [0.29, 0.717) is 19.0 Å². The summed E-state index contributed by atoms with van der Waals surface area (Å²) in [4.78, 5) is 18.5. The van der Waals surface area contributed by atoms with Gasteiger partial charge >= 0.3 is 0 Å². The highest BCUT2D eigenvalue weighted by atomic mass is 32.2. The Morgan fingerprint density at radius 1 is 1.56 bits per heavy atom. The number of hydrogen-bond acceptors (Lipinski definition) is 4. The number of nitrogens with zero attached hydrogens (tertiary/aromatic N) is 3. The van der Waals surface area contributed by atoms with E-state index in [1.54, 1.807) is 0 Å². The molecule has 2 aliphatic rings. The second kappa shape index (κ2) is 5.32. The van der Waals surface area contributed by atoms with Crippen LogP contribution in [0.3, 0.4) is 0 Å². The van der Waals surface area contributed by atoms with Gasteiger partial charge in [0, 0.05) is 56.0 Å². The molecular formula is C12H18N4OS. The first-order valence-electron chi connectivity index (χ1n) is 6.42. The highest BCUT2D eigenvalue weighted by molar-refractivity contribution is 7.99. The zero-order valence-electron chi connectivity index (χ0n) is 10.3. The molecule has 3 rings (SSSR count). The van der Waals surface area contributed by atoms with E-state index in [1.807, 2.05) is 29.1 Å². The van der Waals surface area contributed by atoms with E-state index in [9.17, 15) is 4.79 Å². The zero-order valence-corrected chi connectivity index (χ0v) is 11.2. The van der Waals surface area contributed by atoms with Crippen LogP contribution in [0.5, 0.6) is 0 Å². The molecule has 1 aromatic heterocycles. The van der Waals surface area contributed by atoms with Gasteiger partial charge in [0.15, 0.2) is 0 Å². The molecule has 18 heavy (non-hydrogen) atoms. The highest BCUT2D eigenvalue weighted by Gasteiger charge is 2.24. The lowest BCUT2D eigenvalue weighted by Crippen LogP contribution is -2.44. The smallest absolute Gasteiger partial charge is 0.224 e. The predicted molar refractivity (Wildman–Crippen MR) is 71.4 cm³/mol. The Balaban J connectivity index is 1.57. The molecule has 1 unspecified atom stereocenters. The molecule has 0 bridgehead atoms. The molecule has 0 aromatic carbocycles. The van der Waals surface area contributed by atoms with Gasteiger partial charge in [-0.25, -0.2) is 4.98 Å². The molecule has 0 radical (unpaired) electrons. The van der Waals surface area contributed by atoms with E-state index in [4.69, 9.17) is 0 Å². The van der Waals surface area contributed by atoms with Gasteiger partial charge in [-0.15, -0.1) is 0 Å². The summed E-state index contributed by atoms with van der Waals surface area (Å²) in [6.07, 6.45) is 4.41. The van der Waals surface area contributed by atoms with E-state index in [-0.39, 0.29) is 5.91 Å². The fraction of sp³-hybridized carbons (Fsp3) is 0.667. The molecule has 98 valence electrons. The molecule has 1 fully saturated rings. The predicted octanol–water partition coefficient (Wildman–Crippen LogP) is 0.320. The highest BCUT2D eigenvalue weighted by Crippen LogP contribution is 2.15. The van der Waals surface area contributed by atoms with Crippen molar-refractivity contribution in [1.29, 1.82) is 0 Å². The first-order chi connectivity index (χ1) is 8.83. The maximum absolute atomic E-state index is 12.2. The molecule has 0 saturated carbocycles. The Hall–Kier alpha value is -1.01. The van der Waals surface area contributed by atoms with Gasteiger partial charge < -0.3 is 14.8 Å². The number of rotatable bonds is 2. The van der Waals surface area contributed by atoms with Crippen LogP contribution in [0.2, 0.25) is 0 Å². The van der Waals surface area contributed by atoms with Crippen molar-refractivity contribution in [1.82, 2.24) is 19.8 Å². The summed E-state index contributed by atoms with van der Waals surface area (Å²) in [7, 11) is 0. The van der Waals surface area contributed by atoms with Crippen LogP contribution in [0, 0.1) is 0 Å². The summed E-state index contributed by atoms with van der Waals surface area (Å²) in [6.45, 7) is 3.36. The Kier molecular flexibility index (Phi) is 3.56. The number of nitrogens with one attached hydrogen (secondary N) is 1. The topological polar surface area (TPSA) is 50.2 Å². The van der Waals surface area contributed by atoms with Gasteiger partial charge in [-0.3, -0.25) is 4.79 Å². The van der Waals surface area contributed by atoms with Crippen molar-refractivity contribution in [2.75, 3.05) is 24.6 Å². The van der Waals surface area contributed by atoms with Crippen molar-refractivity contribution >= 4 is 17.7 Å². The summed E-state index contributed by atoms with van der Waals surface area (Å²) in [5, 5.41) is 3.41. The van der Waals surface area contributed by atoms with Crippen molar-refractivity contribution in [3.8, 4) is 0 Å². The molecule has 3 heterocycles. The monoisotopic (exact) mass is 266 g/mol. The van der Waals surface area contributed by atoms with Crippen LogP contribution in [0.25, 0.3) is 0 Å². The van der Waals surface area contributed by atoms with E-state index >= 15 is 0 Å². The van der Waals surface area contributed by atoms with Gasteiger partial charge in [-0.2, -0.15) is 11.8 Å². The third-order valence-electron chi connectivity index (χ3n) is 3.52. The van der Waals surface area contributed by atoms with Crippen LogP contribution in [0.4, 0.5) is 0 Å². The summed E-state index contributed by atoms with van der Waals surface area (Å²) < 4.78 is 2.12. The van der Waals surface area contributed by atoms with Gasteiger partial charge in [0.05, 0.1) is 6.54 Å². The molecule has 6 heteroatoms. The van der Waals surface area contributed by atoms with Crippen LogP contribution in [0.15, 0.2) is 12.4 Å². The number of amides is 1. The summed E-state index contributed by atoms with van der Waals surface area (Å²) in [6, 6.07) is 0.345. The number of carbonyl (C=O) groups is 1. The number of carbonyl (C=O) groups excluding carboxylic acids is 1. The quantitative estimate of drug-likeness (QED) is 0.837. The normalized spacial score (nSPS) is 23.8. The minimum atomic E-state index is 0.254. The maximum atomic E-state index is 12.2. The molecule has 1 N–H and O–H groups in total. The molecule has 0 spiro atoms. The molecular weight excluding hydrogens is 248 g/mol. The third-order valence-corrected chi connectivity index (χ3v) is 4.65. The van der Waals surface area contributed by atoms with E-state index in [1.165, 1.54) is 0 Å². The Morgan fingerprint density at radius 2 is 2.50 bits per heavy atom.